The number of carbonyl (C=O) groups excluding carboxylic acids is 1. The second kappa shape index (κ2) is 7.01. The predicted molar refractivity (Wildman–Crippen MR) is 65.1 cm³/mol. The van der Waals surface area contributed by atoms with E-state index in [0.717, 1.165) is 25.1 Å². The van der Waals surface area contributed by atoms with Gasteiger partial charge in [0.15, 0.2) is 5.82 Å². The maximum atomic E-state index is 11.7. The smallest absolute Gasteiger partial charge is 0.222 e. The summed E-state index contributed by atoms with van der Waals surface area (Å²) in [5, 5.41) is 6.76. The molecule has 1 amide bonds. The van der Waals surface area contributed by atoms with Gasteiger partial charge in [0.2, 0.25) is 5.91 Å². The predicted octanol–water partition coefficient (Wildman–Crippen LogP) is 0.591. The highest BCUT2D eigenvalue weighted by Gasteiger charge is 2.11. The Morgan fingerprint density at radius 1 is 1.41 bits per heavy atom. The number of H-pyrrole nitrogens is 1. The molecule has 0 saturated carbocycles. The molecule has 3 N–H and O–H groups in total. The number of nitrogens with zero attached hydrogens (tertiary/aromatic N) is 3. The van der Waals surface area contributed by atoms with Crippen LogP contribution in [0.15, 0.2) is 0 Å². The zero-order valence-electron chi connectivity index (χ0n) is 10.6. The molecule has 0 aromatic carbocycles. The van der Waals surface area contributed by atoms with Gasteiger partial charge in [-0.1, -0.05) is 6.42 Å². The maximum Gasteiger partial charge on any atom is 0.222 e. The second-order valence-corrected chi connectivity index (χ2v) is 4.19. The average Bonchev–Trinajstić information content (AvgIpc) is 2.70. The van der Waals surface area contributed by atoms with Crippen molar-refractivity contribution in [2.75, 3.05) is 13.6 Å². The fraction of sp³-hybridized carbons (Fsp3) is 0.727. The van der Waals surface area contributed by atoms with Crippen LogP contribution in [0.1, 0.15) is 37.3 Å². The summed E-state index contributed by atoms with van der Waals surface area (Å²) in [4.78, 5) is 17.6. The van der Waals surface area contributed by atoms with E-state index in [9.17, 15) is 4.79 Å². The molecule has 96 valence electrons. The first kappa shape index (κ1) is 13.6. The third kappa shape index (κ3) is 4.95. The van der Waals surface area contributed by atoms with E-state index >= 15 is 0 Å². The first-order valence-electron chi connectivity index (χ1n) is 5.95. The van der Waals surface area contributed by atoms with Crippen LogP contribution in [0.4, 0.5) is 0 Å². The van der Waals surface area contributed by atoms with Gasteiger partial charge in [-0.05, 0) is 26.3 Å². The Morgan fingerprint density at radius 2 is 2.18 bits per heavy atom. The Bertz CT molecular complexity index is 349. The van der Waals surface area contributed by atoms with Crippen LogP contribution in [0.25, 0.3) is 0 Å². The number of amides is 1. The van der Waals surface area contributed by atoms with Crippen molar-refractivity contribution in [2.24, 2.45) is 5.73 Å². The molecule has 1 rings (SSSR count). The molecule has 6 nitrogen and oxygen atoms in total. The van der Waals surface area contributed by atoms with E-state index < -0.39 is 0 Å². The highest BCUT2D eigenvalue weighted by atomic mass is 16.2. The molecule has 0 saturated heterocycles. The van der Waals surface area contributed by atoms with Gasteiger partial charge in [-0.2, -0.15) is 5.10 Å². The van der Waals surface area contributed by atoms with Gasteiger partial charge in [-0.15, -0.1) is 0 Å². The van der Waals surface area contributed by atoms with Crippen molar-refractivity contribution in [1.82, 2.24) is 20.1 Å². The summed E-state index contributed by atoms with van der Waals surface area (Å²) < 4.78 is 0. The highest BCUT2D eigenvalue weighted by molar-refractivity contribution is 5.75. The molecule has 0 aliphatic carbocycles. The second-order valence-electron chi connectivity index (χ2n) is 4.19. The van der Waals surface area contributed by atoms with E-state index in [1.54, 1.807) is 11.9 Å². The molecule has 0 bridgehead atoms. The number of hydrogen-bond acceptors (Lipinski definition) is 4. The van der Waals surface area contributed by atoms with E-state index in [-0.39, 0.29) is 5.91 Å². The molecule has 0 unspecified atom stereocenters. The molecule has 1 aromatic rings. The standard InChI is InChI=1S/C11H21N5O/c1-9-13-10(15-14-9)8-16(2)11(17)6-4-3-5-7-12/h3-8,12H2,1-2H3,(H,13,14,15). The number of nitrogens with two attached hydrogens (primary N) is 1. The SMILES string of the molecule is Cc1nc(CN(C)C(=O)CCCCCN)n[nH]1. The molecule has 0 atom stereocenters. The topological polar surface area (TPSA) is 87.9 Å². The van der Waals surface area contributed by atoms with Crippen LogP contribution >= 0.6 is 0 Å². The number of aromatic amines is 1. The van der Waals surface area contributed by atoms with Crippen molar-refractivity contribution >= 4 is 5.91 Å². The van der Waals surface area contributed by atoms with Crippen LogP contribution in [0.5, 0.6) is 0 Å². The quantitative estimate of drug-likeness (QED) is 0.682. The van der Waals surface area contributed by atoms with Gasteiger partial charge in [0, 0.05) is 13.5 Å². The van der Waals surface area contributed by atoms with Gasteiger partial charge in [0.1, 0.15) is 5.82 Å². The van der Waals surface area contributed by atoms with Crippen LogP contribution in [-0.2, 0) is 11.3 Å². The summed E-state index contributed by atoms with van der Waals surface area (Å²) in [7, 11) is 1.77. The lowest BCUT2D eigenvalue weighted by molar-refractivity contribution is -0.130. The fourth-order valence-electron chi connectivity index (χ4n) is 1.55. The summed E-state index contributed by atoms with van der Waals surface area (Å²) in [6, 6.07) is 0. The Balaban J connectivity index is 2.27. The van der Waals surface area contributed by atoms with Crippen molar-refractivity contribution < 1.29 is 4.79 Å². The minimum atomic E-state index is 0.129. The third-order valence-corrected chi connectivity index (χ3v) is 2.54. The van der Waals surface area contributed by atoms with E-state index in [4.69, 9.17) is 5.73 Å². The molecule has 1 aromatic heterocycles. The van der Waals surface area contributed by atoms with Gasteiger partial charge in [0.05, 0.1) is 6.54 Å². The van der Waals surface area contributed by atoms with Crippen molar-refractivity contribution in [1.29, 1.82) is 0 Å². The summed E-state index contributed by atoms with van der Waals surface area (Å²) >= 11 is 0. The minimum Gasteiger partial charge on any atom is -0.338 e. The van der Waals surface area contributed by atoms with E-state index in [2.05, 4.69) is 15.2 Å². The van der Waals surface area contributed by atoms with Gasteiger partial charge >= 0.3 is 0 Å². The molecule has 17 heavy (non-hydrogen) atoms. The minimum absolute atomic E-state index is 0.129. The summed E-state index contributed by atoms with van der Waals surface area (Å²) in [6.07, 6.45) is 3.46. The number of carbonyl (C=O) groups is 1. The number of aromatic nitrogens is 3. The normalized spacial score (nSPS) is 10.5. The Hall–Kier alpha value is -1.43. The van der Waals surface area contributed by atoms with Crippen molar-refractivity contribution in [3.8, 4) is 0 Å². The number of nitrogens with one attached hydrogen (secondary N) is 1. The maximum absolute atomic E-state index is 11.7. The summed E-state index contributed by atoms with van der Waals surface area (Å²) in [5.74, 6) is 1.55. The van der Waals surface area contributed by atoms with E-state index in [0.29, 0.717) is 25.3 Å². The monoisotopic (exact) mass is 239 g/mol. The van der Waals surface area contributed by atoms with E-state index in [1.807, 2.05) is 6.92 Å². The van der Waals surface area contributed by atoms with Gasteiger partial charge in [-0.3, -0.25) is 9.89 Å². The molecule has 1 heterocycles. The van der Waals surface area contributed by atoms with Crippen LogP contribution in [0, 0.1) is 6.92 Å². The number of hydrogen-bond donors (Lipinski definition) is 2. The molecule has 0 spiro atoms. The lowest BCUT2D eigenvalue weighted by Gasteiger charge is -2.14. The first-order chi connectivity index (χ1) is 8.13. The van der Waals surface area contributed by atoms with Gasteiger partial charge < -0.3 is 10.6 Å². The molecule has 0 radical (unpaired) electrons. The van der Waals surface area contributed by atoms with Crippen LogP contribution < -0.4 is 5.73 Å². The highest BCUT2D eigenvalue weighted by Crippen LogP contribution is 2.04. The Morgan fingerprint density at radius 3 is 2.76 bits per heavy atom. The number of aryl methyl sites for hydroxylation is 1. The Kier molecular flexibility index (Phi) is 5.62. The molecular formula is C11H21N5O. The average molecular weight is 239 g/mol. The zero-order chi connectivity index (χ0) is 12.7. The van der Waals surface area contributed by atoms with Gasteiger partial charge in [0.25, 0.3) is 0 Å². The lowest BCUT2D eigenvalue weighted by atomic mass is 10.2. The lowest BCUT2D eigenvalue weighted by Crippen LogP contribution is -2.26. The summed E-state index contributed by atoms with van der Waals surface area (Å²) in [6.45, 7) is 2.99. The Labute approximate surface area is 102 Å². The zero-order valence-corrected chi connectivity index (χ0v) is 10.6. The van der Waals surface area contributed by atoms with Crippen LogP contribution in [0.3, 0.4) is 0 Å². The first-order valence-corrected chi connectivity index (χ1v) is 5.95. The largest absolute Gasteiger partial charge is 0.338 e. The van der Waals surface area contributed by atoms with Gasteiger partial charge in [-0.25, -0.2) is 4.98 Å². The number of unbranched alkanes of at least 4 members (excludes halogenated alkanes) is 2. The number of rotatable bonds is 7. The molecule has 6 heteroatoms. The van der Waals surface area contributed by atoms with Crippen molar-refractivity contribution in [3.05, 3.63) is 11.6 Å². The summed E-state index contributed by atoms with van der Waals surface area (Å²) in [5.41, 5.74) is 5.39. The third-order valence-electron chi connectivity index (χ3n) is 2.54. The molecule has 0 aliphatic heterocycles. The molecular weight excluding hydrogens is 218 g/mol. The molecule has 0 aliphatic rings. The van der Waals surface area contributed by atoms with Crippen LogP contribution in [-0.4, -0.2) is 39.6 Å². The van der Waals surface area contributed by atoms with Crippen molar-refractivity contribution in [2.45, 2.75) is 39.2 Å². The van der Waals surface area contributed by atoms with Crippen LogP contribution in [0.2, 0.25) is 0 Å². The van der Waals surface area contributed by atoms with Crippen molar-refractivity contribution in [3.63, 3.8) is 0 Å². The van der Waals surface area contributed by atoms with E-state index in [1.165, 1.54) is 0 Å². The fourth-order valence-corrected chi connectivity index (χ4v) is 1.55. The molecule has 0 fully saturated rings.